The van der Waals surface area contributed by atoms with Crippen LogP contribution in [0, 0.1) is 0 Å². The van der Waals surface area contributed by atoms with E-state index < -0.39 is 6.55 Å². The number of pyridine rings is 1. The second-order valence-corrected chi connectivity index (χ2v) is 5.84. The largest absolute Gasteiger partial charge is 0.333 e. The van der Waals surface area contributed by atoms with Crippen molar-refractivity contribution in [3.8, 4) is 11.1 Å². The number of aromatic amines is 2. The van der Waals surface area contributed by atoms with E-state index in [2.05, 4.69) is 20.1 Å². The van der Waals surface area contributed by atoms with E-state index in [1.165, 1.54) is 0 Å². The van der Waals surface area contributed by atoms with Crippen molar-refractivity contribution in [3.63, 3.8) is 0 Å². The first-order valence-electron chi connectivity index (χ1n) is 6.68. The van der Waals surface area contributed by atoms with Crippen LogP contribution >= 0.6 is 23.2 Å². The number of benzene rings is 1. The van der Waals surface area contributed by atoms with Gasteiger partial charge in [0.05, 0.1) is 16.1 Å². The number of imidazole rings is 1. The molecule has 0 aliphatic carbocycles. The minimum Gasteiger partial charge on any atom is -0.304 e. The van der Waals surface area contributed by atoms with Gasteiger partial charge in [0.2, 0.25) is 0 Å². The molecule has 0 bridgehead atoms. The minimum absolute atomic E-state index is 0.0827. The summed E-state index contributed by atoms with van der Waals surface area (Å²) >= 11 is 12.2. The SMILES string of the molecule is O=c1[nH]c2cc3cc(-c4cn(C(F)F)nc4Cl)c(Cl)cc3nc2[nH]1. The number of H-pyrrole nitrogens is 2. The van der Waals surface area contributed by atoms with Crippen LogP contribution in [-0.4, -0.2) is 24.7 Å². The fraction of sp³-hybridized carbons (Fsp3) is 0.0714. The van der Waals surface area contributed by atoms with Gasteiger partial charge in [0.15, 0.2) is 10.8 Å². The van der Waals surface area contributed by atoms with Gasteiger partial charge in [-0.1, -0.05) is 23.2 Å². The maximum atomic E-state index is 12.8. The highest BCUT2D eigenvalue weighted by molar-refractivity contribution is 6.36. The molecule has 0 aliphatic rings. The number of nitrogens with zero attached hydrogens (tertiary/aromatic N) is 3. The van der Waals surface area contributed by atoms with Crippen LogP contribution in [0.3, 0.4) is 0 Å². The van der Waals surface area contributed by atoms with Gasteiger partial charge in [-0.05, 0) is 18.2 Å². The number of hydrogen-bond acceptors (Lipinski definition) is 3. The van der Waals surface area contributed by atoms with Gasteiger partial charge in [0.1, 0.15) is 0 Å². The van der Waals surface area contributed by atoms with Crippen LogP contribution in [0.1, 0.15) is 6.55 Å². The topological polar surface area (TPSA) is 79.4 Å². The zero-order valence-electron chi connectivity index (χ0n) is 11.6. The van der Waals surface area contributed by atoms with E-state index in [9.17, 15) is 13.6 Å². The molecule has 0 aliphatic heterocycles. The summed E-state index contributed by atoms with van der Waals surface area (Å²) in [6.07, 6.45) is 1.13. The third kappa shape index (κ3) is 2.35. The van der Waals surface area contributed by atoms with Gasteiger partial charge in [-0.3, -0.25) is 4.98 Å². The van der Waals surface area contributed by atoms with Crippen molar-refractivity contribution in [1.82, 2.24) is 24.7 Å². The molecule has 1 aromatic carbocycles. The smallest absolute Gasteiger partial charge is 0.304 e. The number of hydrogen-bond donors (Lipinski definition) is 2. The maximum absolute atomic E-state index is 12.8. The summed E-state index contributed by atoms with van der Waals surface area (Å²) in [5.74, 6) is 0. The Hall–Kier alpha value is -2.45. The highest BCUT2D eigenvalue weighted by Crippen LogP contribution is 2.36. The lowest BCUT2D eigenvalue weighted by Gasteiger charge is -2.05. The lowest BCUT2D eigenvalue weighted by atomic mass is 10.1. The Bertz CT molecular complexity index is 1150. The zero-order valence-corrected chi connectivity index (χ0v) is 13.2. The summed E-state index contributed by atoms with van der Waals surface area (Å²) in [5, 5.41) is 4.43. The number of aromatic nitrogens is 5. The monoisotopic (exact) mass is 369 g/mol. The average molecular weight is 370 g/mol. The van der Waals surface area contributed by atoms with Crippen LogP contribution in [0.5, 0.6) is 0 Å². The molecular weight excluding hydrogens is 363 g/mol. The Morgan fingerprint density at radius 2 is 1.92 bits per heavy atom. The van der Waals surface area contributed by atoms with Gasteiger partial charge in [0.25, 0.3) is 0 Å². The number of fused-ring (bicyclic) bond motifs is 2. The number of alkyl halides is 2. The molecule has 122 valence electrons. The molecule has 0 unspecified atom stereocenters. The van der Waals surface area contributed by atoms with Crippen molar-refractivity contribution in [3.05, 3.63) is 45.1 Å². The summed E-state index contributed by atoms with van der Waals surface area (Å²) in [7, 11) is 0. The van der Waals surface area contributed by atoms with E-state index in [1.807, 2.05) is 0 Å². The molecule has 0 saturated heterocycles. The predicted octanol–water partition coefficient (Wildman–Crippen LogP) is 3.97. The number of rotatable bonds is 2. The highest BCUT2D eigenvalue weighted by Gasteiger charge is 2.17. The van der Waals surface area contributed by atoms with Crippen molar-refractivity contribution in [1.29, 1.82) is 0 Å². The lowest BCUT2D eigenvalue weighted by Crippen LogP contribution is -1.99. The van der Waals surface area contributed by atoms with Crippen molar-refractivity contribution >= 4 is 45.3 Å². The molecule has 0 radical (unpaired) electrons. The molecule has 0 amide bonds. The molecule has 2 N–H and O–H groups in total. The molecule has 0 saturated carbocycles. The third-order valence-corrected chi connectivity index (χ3v) is 4.15. The van der Waals surface area contributed by atoms with Crippen molar-refractivity contribution in [2.24, 2.45) is 0 Å². The van der Waals surface area contributed by atoms with Crippen LogP contribution < -0.4 is 5.69 Å². The summed E-state index contributed by atoms with van der Waals surface area (Å²) < 4.78 is 26.0. The van der Waals surface area contributed by atoms with E-state index in [-0.39, 0.29) is 21.4 Å². The first kappa shape index (κ1) is 15.1. The quantitative estimate of drug-likeness (QED) is 0.560. The molecule has 3 heterocycles. The predicted molar refractivity (Wildman–Crippen MR) is 86.7 cm³/mol. The Morgan fingerprint density at radius 1 is 1.12 bits per heavy atom. The van der Waals surface area contributed by atoms with Crippen LogP contribution in [0.2, 0.25) is 10.2 Å². The summed E-state index contributed by atoms with van der Waals surface area (Å²) in [6.45, 7) is -2.80. The summed E-state index contributed by atoms with van der Waals surface area (Å²) in [4.78, 5) is 20.8. The Morgan fingerprint density at radius 3 is 2.62 bits per heavy atom. The molecular formula is C14H7Cl2F2N5O. The summed E-state index contributed by atoms with van der Waals surface area (Å²) in [5.41, 5.74) is 1.82. The van der Waals surface area contributed by atoms with Crippen molar-refractivity contribution < 1.29 is 8.78 Å². The van der Waals surface area contributed by atoms with Crippen molar-refractivity contribution in [2.75, 3.05) is 0 Å². The first-order chi connectivity index (χ1) is 11.4. The fourth-order valence-corrected chi connectivity index (χ4v) is 3.00. The Kier molecular flexibility index (Phi) is 3.33. The van der Waals surface area contributed by atoms with E-state index in [0.717, 1.165) is 6.20 Å². The first-order valence-corrected chi connectivity index (χ1v) is 7.43. The zero-order chi connectivity index (χ0) is 17.0. The second-order valence-electron chi connectivity index (χ2n) is 5.08. The number of nitrogens with one attached hydrogen (secondary N) is 2. The molecule has 10 heteroatoms. The molecule has 24 heavy (non-hydrogen) atoms. The van der Waals surface area contributed by atoms with Crippen LogP contribution in [0.15, 0.2) is 29.2 Å². The summed E-state index contributed by atoms with van der Waals surface area (Å²) in [6, 6.07) is 4.95. The standard InChI is InChI=1S/C14H7Cl2F2N5O/c15-8-3-9-5(2-10-12(19-9)21-14(24)20-10)1-6(8)7-4-23(13(17)18)22-11(7)16/h1-4,13H,(H2,19,20,21,24). The van der Waals surface area contributed by atoms with Gasteiger partial charge in [-0.25, -0.2) is 14.5 Å². The van der Waals surface area contributed by atoms with Gasteiger partial charge in [-0.2, -0.15) is 13.9 Å². The normalized spacial score (nSPS) is 11.9. The van der Waals surface area contributed by atoms with Crippen LogP contribution in [0.4, 0.5) is 8.78 Å². The minimum atomic E-state index is -2.80. The van der Waals surface area contributed by atoms with Crippen LogP contribution in [0.25, 0.3) is 33.2 Å². The number of halogens is 4. The lowest BCUT2D eigenvalue weighted by molar-refractivity contribution is 0.0567. The molecule has 3 aromatic heterocycles. The van der Waals surface area contributed by atoms with E-state index in [4.69, 9.17) is 23.2 Å². The average Bonchev–Trinajstić information content (AvgIpc) is 3.06. The molecule has 6 nitrogen and oxygen atoms in total. The van der Waals surface area contributed by atoms with E-state index in [1.54, 1.807) is 18.2 Å². The molecule has 0 spiro atoms. The van der Waals surface area contributed by atoms with Crippen molar-refractivity contribution in [2.45, 2.75) is 6.55 Å². The Balaban J connectivity index is 1.96. The fourth-order valence-electron chi connectivity index (χ4n) is 2.50. The van der Waals surface area contributed by atoms with Gasteiger partial charge in [-0.15, -0.1) is 0 Å². The molecule has 4 rings (SSSR count). The Labute approximate surface area is 142 Å². The third-order valence-electron chi connectivity index (χ3n) is 3.56. The molecule has 0 fully saturated rings. The van der Waals surface area contributed by atoms with Gasteiger partial charge < -0.3 is 4.98 Å². The van der Waals surface area contributed by atoms with Crippen LogP contribution in [-0.2, 0) is 0 Å². The highest BCUT2D eigenvalue weighted by atomic mass is 35.5. The van der Waals surface area contributed by atoms with E-state index in [0.29, 0.717) is 32.3 Å². The molecule has 0 atom stereocenters. The second kappa shape index (κ2) is 5.29. The van der Waals surface area contributed by atoms with Gasteiger partial charge >= 0.3 is 12.2 Å². The maximum Gasteiger partial charge on any atom is 0.333 e. The van der Waals surface area contributed by atoms with Gasteiger partial charge in [0, 0.05) is 22.7 Å². The molecule has 4 aromatic rings. The van der Waals surface area contributed by atoms with E-state index >= 15 is 0 Å².